The zero-order chi connectivity index (χ0) is 16.4. The maximum absolute atomic E-state index is 12.7. The number of nitriles is 1. The van der Waals surface area contributed by atoms with Gasteiger partial charge in [-0.1, -0.05) is 23.7 Å². The van der Waals surface area contributed by atoms with Crippen molar-refractivity contribution in [3.05, 3.63) is 57.7 Å². The van der Waals surface area contributed by atoms with E-state index in [1.165, 1.54) is 0 Å². The molecule has 0 aliphatic heterocycles. The molecule has 0 bridgehead atoms. The third-order valence-electron chi connectivity index (χ3n) is 4.04. The Morgan fingerprint density at radius 2 is 1.87 bits per heavy atom. The number of hydrogen-bond acceptors (Lipinski definition) is 3. The van der Waals surface area contributed by atoms with Gasteiger partial charge in [-0.15, -0.1) is 0 Å². The molecular weight excluding hydrogens is 332 g/mol. The van der Waals surface area contributed by atoms with Crippen LogP contribution in [0.25, 0.3) is 0 Å². The van der Waals surface area contributed by atoms with Crippen molar-refractivity contribution in [3.8, 4) is 6.07 Å². The van der Waals surface area contributed by atoms with Crippen LogP contribution in [-0.2, 0) is 28.4 Å². The van der Waals surface area contributed by atoms with Gasteiger partial charge < -0.3 is 0 Å². The second-order valence-electron chi connectivity index (χ2n) is 5.72. The van der Waals surface area contributed by atoms with Crippen LogP contribution < -0.4 is 4.98 Å². The molecule has 1 aliphatic carbocycles. The van der Waals surface area contributed by atoms with Crippen molar-refractivity contribution in [2.24, 2.45) is 0 Å². The van der Waals surface area contributed by atoms with Crippen LogP contribution in [0, 0.1) is 11.3 Å². The molecule has 1 aliphatic rings. The lowest BCUT2D eigenvalue weighted by molar-refractivity contribution is -0.441. The number of nitrogens with one attached hydrogen (secondary N) is 1. The van der Waals surface area contributed by atoms with Crippen LogP contribution >= 0.6 is 11.6 Å². The molecule has 23 heavy (non-hydrogen) atoms. The van der Waals surface area contributed by atoms with Gasteiger partial charge in [0.1, 0.15) is 11.6 Å². The summed E-state index contributed by atoms with van der Waals surface area (Å²) in [6, 6.07) is 10.4. The van der Waals surface area contributed by atoms with Crippen molar-refractivity contribution in [1.82, 2.24) is 0 Å². The van der Waals surface area contributed by atoms with Gasteiger partial charge in [-0.05, 0) is 43.0 Å². The molecule has 0 saturated heterocycles. The summed E-state index contributed by atoms with van der Waals surface area (Å²) in [5, 5.41) is 9.92. The van der Waals surface area contributed by atoms with Crippen LogP contribution in [0.1, 0.15) is 35.2 Å². The molecule has 1 aromatic heterocycles. The molecular formula is C17H16ClN2O2S+. The van der Waals surface area contributed by atoms with Gasteiger partial charge >= 0.3 is 5.03 Å². The normalized spacial score (nSPS) is 14.1. The zero-order valence-corrected chi connectivity index (χ0v) is 14.0. The maximum atomic E-state index is 12.7. The first kappa shape index (κ1) is 16.0. The fourth-order valence-electron chi connectivity index (χ4n) is 2.88. The lowest BCUT2D eigenvalue weighted by atomic mass is 9.95. The van der Waals surface area contributed by atoms with E-state index in [0.29, 0.717) is 10.6 Å². The zero-order valence-electron chi connectivity index (χ0n) is 12.5. The number of H-pyrrole nitrogens is 1. The highest BCUT2D eigenvalue weighted by Crippen LogP contribution is 2.23. The standard InChI is InChI=1S/C17H15ClN2O2S/c18-15-7-5-12(6-8-15)11-23(21,22)17-14(10-19)9-13-3-1-2-4-16(13)20-17/h5-9H,1-4,11H2/p+1. The van der Waals surface area contributed by atoms with E-state index in [9.17, 15) is 13.7 Å². The first-order valence-electron chi connectivity index (χ1n) is 7.45. The summed E-state index contributed by atoms with van der Waals surface area (Å²) in [5.41, 5.74) is 2.83. The quantitative estimate of drug-likeness (QED) is 0.857. The molecule has 118 valence electrons. The van der Waals surface area contributed by atoms with Crippen LogP contribution in [0.5, 0.6) is 0 Å². The number of benzene rings is 1. The molecule has 6 heteroatoms. The number of aromatic amines is 1. The van der Waals surface area contributed by atoms with E-state index in [4.69, 9.17) is 11.6 Å². The van der Waals surface area contributed by atoms with E-state index in [2.05, 4.69) is 4.98 Å². The van der Waals surface area contributed by atoms with Gasteiger partial charge in [-0.3, -0.25) is 0 Å². The first-order chi connectivity index (χ1) is 11.0. The summed E-state index contributed by atoms with van der Waals surface area (Å²) >= 11 is 5.83. The number of aryl methyl sites for hydroxylation is 2. The van der Waals surface area contributed by atoms with Crippen LogP contribution in [-0.4, -0.2) is 8.42 Å². The second-order valence-corrected chi connectivity index (χ2v) is 8.08. The van der Waals surface area contributed by atoms with Crippen molar-refractivity contribution in [2.45, 2.75) is 36.5 Å². The minimum Gasteiger partial charge on any atom is -0.217 e. The average Bonchev–Trinajstić information content (AvgIpc) is 2.55. The molecule has 0 radical (unpaired) electrons. The number of sulfone groups is 1. The molecule has 1 heterocycles. The van der Waals surface area contributed by atoms with Gasteiger partial charge in [0, 0.05) is 17.0 Å². The lowest BCUT2D eigenvalue weighted by Gasteiger charge is -2.12. The Labute approximate surface area is 140 Å². The molecule has 1 N–H and O–H groups in total. The third-order valence-corrected chi connectivity index (χ3v) is 5.95. The van der Waals surface area contributed by atoms with E-state index in [1.807, 2.05) is 6.07 Å². The number of fused-ring (bicyclic) bond motifs is 1. The van der Waals surface area contributed by atoms with Crippen molar-refractivity contribution in [3.63, 3.8) is 0 Å². The van der Waals surface area contributed by atoms with Gasteiger partial charge in [0.25, 0.3) is 0 Å². The highest BCUT2D eigenvalue weighted by Gasteiger charge is 2.30. The highest BCUT2D eigenvalue weighted by atomic mass is 35.5. The van der Waals surface area contributed by atoms with E-state index in [1.54, 1.807) is 30.3 Å². The first-order valence-corrected chi connectivity index (χ1v) is 9.48. The Hall–Kier alpha value is -1.90. The summed E-state index contributed by atoms with van der Waals surface area (Å²) in [5.74, 6) is -0.159. The number of aromatic nitrogens is 1. The van der Waals surface area contributed by atoms with E-state index < -0.39 is 9.84 Å². The smallest absolute Gasteiger partial charge is 0.217 e. The Balaban J connectivity index is 2.02. The van der Waals surface area contributed by atoms with Crippen molar-refractivity contribution in [1.29, 1.82) is 5.26 Å². The van der Waals surface area contributed by atoms with Crippen LogP contribution in [0.3, 0.4) is 0 Å². The molecule has 3 rings (SSSR count). The Morgan fingerprint density at radius 3 is 2.57 bits per heavy atom. The monoisotopic (exact) mass is 347 g/mol. The van der Waals surface area contributed by atoms with E-state index in [0.717, 1.165) is 36.9 Å². The van der Waals surface area contributed by atoms with Crippen molar-refractivity contribution >= 4 is 21.4 Å². The summed E-state index contributed by atoms with van der Waals surface area (Å²) in [6.07, 6.45) is 3.82. The predicted molar refractivity (Wildman–Crippen MR) is 86.7 cm³/mol. The molecule has 0 atom stereocenters. The van der Waals surface area contributed by atoms with Crippen molar-refractivity contribution < 1.29 is 13.4 Å². The average molecular weight is 348 g/mol. The number of rotatable bonds is 3. The van der Waals surface area contributed by atoms with Gasteiger partial charge in [0.15, 0.2) is 5.69 Å². The minimum absolute atomic E-state index is 0.0237. The Morgan fingerprint density at radius 1 is 1.17 bits per heavy atom. The van der Waals surface area contributed by atoms with Crippen molar-refractivity contribution in [2.75, 3.05) is 0 Å². The molecule has 0 unspecified atom stereocenters. The fraction of sp³-hybridized carbons (Fsp3) is 0.294. The van der Waals surface area contributed by atoms with Crippen LogP contribution in [0.2, 0.25) is 5.02 Å². The van der Waals surface area contributed by atoms with Gasteiger partial charge in [0.05, 0.1) is 5.75 Å². The topological polar surface area (TPSA) is 72.1 Å². The SMILES string of the molecule is N#Cc1cc2c([nH+]c1S(=O)(=O)Cc1ccc(Cl)cc1)CCCC2. The number of nitrogens with zero attached hydrogens (tertiary/aromatic N) is 1. The van der Waals surface area contributed by atoms with Gasteiger partial charge in [-0.2, -0.15) is 10.2 Å². The largest absolute Gasteiger partial charge is 0.314 e. The molecule has 4 nitrogen and oxygen atoms in total. The summed E-state index contributed by atoms with van der Waals surface area (Å²) in [4.78, 5) is 3.02. The fourth-order valence-corrected chi connectivity index (χ4v) is 4.50. The third kappa shape index (κ3) is 3.39. The van der Waals surface area contributed by atoms with Crippen LogP contribution in [0.4, 0.5) is 0 Å². The molecule has 2 aromatic rings. The summed E-state index contributed by atoms with van der Waals surface area (Å²) < 4.78 is 25.5. The highest BCUT2D eigenvalue weighted by molar-refractivity contribution is 7.90. The van der Waals surface area contributed by atoms with Crippen LogP contribution in [0.15, 0.2) is 35.4 Å². The second kappa shape index (κ2) is 6.31. The molecule has 0 saturated carbocycles. The van der Waals surface area contributed by atoms with E-state index >= 15 is 0 Å². The minimum atomic E-state index is -3.62. The molecule has 0 spiro atoms. The number of halogens is 1. The molecule has 0 amide bonds. The summed E-state index contributed by atoms with van der Waals surface area (Å²) in [7, 11) is -3.62. The number of pyridine rings is 1. The predicted octanol–water partition coefficient (Wildman–Crippen LogP) is 2.88. The molecule has 0 fully saturated rings. The number of hydrogen-bond donors (Lipinski definition) is 0. The molecule has 1 aromatic carbocycles. The Kier molecular flexibility index (Phi) is 4.38. The Bertz CT molecular complexity index is 884. The van der Waals surface area contributed by atoms with E-state index in [-0.39, 0.29) is 16.3 Å². The lowest BCUT2D eigenvalue weighted by Crippen LogP contribution is -2.27. The maximum Gasteiger partial charge on any atom is 0.314 e. The van der Waals surface area contributed by atoms with Gasteiger partial charge in [-0.25, -0.2) is 8.42 Å². The van der Waals surface area contributed by atoms with Gasteiger partial charge in [0.2, 0.25) is 9.84 Å². The summed E-state index contributed by atoms with van der Waals surface area (Å²) in [6.45, 7) is 0.